The van der Waals surface area contributed by atoms with Gasteiger partial charge in [0.15, 0.2) is 0 Å². The maximum Gasteiger partial charge on any atom is 0.326 e. The van der Waals surface area contributed by atoms with E-state index >= 15 is 0 Å². The number of rotatable bonds is 14. The zero-order chi connectivity index (χ0) is 26.8. The highest BCUT2D eigenvalue weighted by molar-refractivity contribution is 7.80. The largest absolute Gasteiger partial charge is 0.480 e. The van der Waals surface area contributed by atoms with Crippen molar-refractivity contribution in [3.8, 4) is 0 Å². The molecule has 0 spiro atoms. The van der Waals surface area contributed by atoms with Crippen LogP contribution in [-0.2, 0) is 30.4 Å². The third-order valence-electron chi connectivity index (χ3n) is 5.37. The van der Waals surface area contributed by atoms with Gasteiger partial charge in [0.05, 0.1) is 6.04 Å². The van der Waals surface area contributed by atoms with Gasteiger partial charge in [0.25, 0.3) is 0 Å². The van der Waals surface area contributed by atoms with Crippen LogP contribution in [0.5, 0.6) is 0 Å². The maximum atomic E-state index is 12.8. The van der Waals surface area contributed by atoms with Gasteiger partial charge in [-0.15, -0.1) is 0 Å². The fraction of sp³-hybridized carbons (Fsp3) is 0.409. The zero-order valence-electron chi connectivity index (χ0n) is 19.3. The Morgan fingerprint density at radius 3 is 2.14 bits per heavy atom. The molecule has 0 aliphatic rings. The highest BCUT2D eigenvalue weighted by atomic mass is 32.1. The number of aliphatic carboxylic acids is 1. The van der Waals surface area contributed by atoms with Gasteiger partial charge < -0.3 is 37.5 Å². The van der Waals surface area contributed by atoms with Crippen molar-refractivity contribution in [3.05, 3.63) is 36.0 Å². The summed E-state index contributed by atoms with van der Waals surface area (Å²) in [6.07, 6.45) is 1.33. The first kappa shape index (κ1) is 29.0. The predicted molar refractivity (Wildman–Crippen MR) is 140 cm³/mol. The summed E-state index contributed by atoms with van der Waals surface area (Å²) >= 11 is 8.03. The van der Waals surface area contributed by atoms with E-state index in [0.29, 0.717) is 5.56 Å². The Kier molecular flexibility index (Phi) is 11.1. The van der Waals surface area contributed by atoms with Crippen LogP contribution in [0.1, 0.15) is 18.4 Å². The molecule has 2 aromatic rings. The van der Waals surface area contributed by atoms with E-state index in [9.17, 15) is 29.1 Å². The number of carboxylic acid groups (broad SMARTS) is 1. The number of benzene rings is 1. The second kappa shape index (κ2) is 13.8. The molecule has 0 radical (unpaired) electrons. The molecule has 0 saturated heterocycles. The van der Waals surface area contributed by atoms with E-state index in [0.717, 1.165) is 10.9 Å². The van der Waals surface area contributed by atoms with Gasteiger partial charge in [-0.25, -0.2) is 4.79 Å². The topological polar surface area (TPSA) is 209 Å². The molecule has 12 nitrogen and oxygen atoms in total. The number of carbonyl (C=O) groups excluding carboxylic acids is 4. The van der Waals surface area contributed by atoms with Crippen LogP contribution >= 0.6 is 25.3 Å². The number of carbonyl (C=O) groups is 5. The molecule has 0 aliphatic heterocycles. The molecule has 14 heteroatoms. The summed E-state index contributed by atoms with van der Waals surface area (Å²) in [6.45, 7) is 0. The average molecular weight is 539 g/mol. The number of carboxylic acids is 1. The summed E-state index contributed by atoms with van der Waals surface area (Å²) in [5.41, 5.74) is 12.3. The minimum Gasteiger partial charge on any atom is -0.480 e. The number of nitrogens with two attached hydrogens (primary N) is 2. The van der Waals surface area contributed by atoms with Crippen molar-refractivity contribution in [2.45, 2.75) is 43.4 Å². The van der Waals surface area contributed by atoms with Gasteiger partial charge >= 0.3 is 5.97 Å². The van der Waals surface area contributed by atoms with E-state index in [-0.39, 0.29) is 30.8 Å². The van der Waals surface area contributed by atoms with Gasteiger partial charge in [-0.3, -0.25) is 19.2 Å². The molecule has 4 amide bonds. The predicted octanol–water partition coefficient (Wildman–Crippen LogP) is -1.30. The number of para-hydroxylation sites is 1. The summed E-state index contributed by atoms with van der Waals surface area (Å²) in [6, 6.07) is 2.61. The van der Waals surface area contributed by atoms with Crippen LogP contribution in [0.3, 0.4) is 0 Å². The number of fused-ring (bicyclic) bond motifs is 1. The van der Waals surface area contributed by atoms with E-state index in [1.165, 1.54) is 0 Å². The Labute approximate surface area is 218 Å². The van der Waals surface area contributed by atoms with Crippen LogP contribution in [-0.4, -0.2) is 75.4 Å². The monoisotopic (exact) mass is 538 g/mol. The summed E-state index contributed by atoms with van der Waals surface area (Å²) in [5.74, 6) is -4.33. The number of aromatic nitrogens is 1. The number of hydrogen-bond donors (Lipinski definition) is 9. The first-order valence-electron chi connectivity index (χ1n) is 11.0. The molecular weight excluding hydrogens is 508 g/mol. The molecule has 1 aromatic heterocycles. The smallest absolute Gasteiger partial charge is 0.326 e. The molecule has 0 fully saturated rings. The SMILES string of the molecule is NC(=O)CCC(NC(=O)C(N)CS)C(=O)NC(CS)C(=O)NC(Cc1c[nH]c2ccccc12)C(=O)O. The van der Waals surface area contributed by atoms with Crippen molar-refractivity contribution >= 4 is 65.8 Å². The molecule has 1 aromatic carbocycles. The number of primary amides is 1. The molecule has 196 valence electrons. The first-order valence-corrected chi connectivity index (χ1v) is 12.3. The Morgan fingerprint density at radius 2 is 1.53 bits per heavy atom. The fourth-order valence-corrected chi connectivity index (χ4v) is 3.80. The third-order valence-corrected chi connectivity index (χ3v) is 6.13. The lowest BCUT2D eigenvalue weighted by Gasteiger charge is -2.24. The summed E-state index contributed by atoms with van der Waals surface area (Å²) < 4.78 is 0. The van der Waals surface area contributed by atoms with Gasteiger partial charge in [0, 0.05) is 41.4 Å². The van der Waals surface area contributed by atoms with Gasteiger partial charge in [-0.1, -0.05) is 18.2 Å². The Hall–Kier alpha value is -3.23. The van der Waals surface area contributed by atoms with E-state index in [2.05, 4.69) is 46.2 Å². The number of amides is 4. The van der Waals surface area contributed by atoms with Crippen molar-refractivity contribution in [2.24, 2.45) is 11.5 Å². The van der Waals surface area contributed by atoms with Crippen molar-refractivity contribution in [1.29, 1.82) is 0 Å². The molecular formula is C22H30N6O6S2. The number of thiol groups is 2. The maximum absolute atomic E-state index is 12.8. The second-order valence-electron chi connectivity index (χ2n) is 8.06. The van der Waals surface area contributed by atoms with Crippen LogP contribution in [0, 0.1) is 0 Å². The Balaban J connectivity index is 2.10. The van der Waals surface area contributed by atoms with E-state index in [4.69, 9.17) is 11.5 Å². The second-order valence-corrected chi connectivity index (χ2v) is 8.79. The molecule has 4 unspecified atom stereocenters. The van der Waals surface area contributed by atoms with Crippen LogP contribution < -0.4 is 27.4 Å². The van der Waals surface area contributed by atoms with Gasteiger partial charge in [0.2, 0.25) is 23.6 Å². The molecule has 1 heterocycles. The van der Waals surface area contributed by atoms with Crippen LogP contribution in [0.15, 0.2) is 30.5 Å². The Morgan fingerprint density at radius 1 is 0.917 bits per heavy atom. The van der Waals surface area contributed by atoms with E-state index in [1.54, 1.807) is 6.20 Å². The minimum atomic E-state index is -1.28. The lowest BCUT2D eigenvalue weighted by atomic mass is 10.0. The summed E-state index contributed by atoms with van der Waals surface area (Å²) in [5, 5.41) is 17.8. The summed E-state index contributed by atoms with van der Waals surface area (Å²) in [4.78, 5) is 63.9. The normalized spacial score (nSPS) is 14.3. The highest BCUT2D eigenvalue weighted by Gasteiger charge is 2.30. The molecule has 0 saturated carbocycles. The number of aromatic amines is 1. The molecule has 36 heavy (non-hydrogen) atoms. The molecule has 0 bridgehead atoms. The molecule has 4 atom stereocenters. The molecule has 2 rings (SSSR count). The molecule has 9 N–H and O–H groups in total. The van der Waals surface area contributed by atoms with Crippen LogP contribution in [0.4, 0.5) is 0 Å². The number of nitrogens with one attached hydrogen (secondary N) is 4. The number of hydrogen-bond acceptors (Lipinski definition) is 8. The number of H-pyrrole nitrogens is 1. The van der Waals surface area contributed by atoms with E-state index in [1.807, 2.05) is 24.3 Å². The van der Waals surface area contributed by atoms with Crippen molar-refractivity contribution < 1.29 is 29.1 Å². The fourth-order valence-electron chi connectivity index (χ4n) is 3.38. The highest BCUT2D eigenvalue weighted by Crippen LogP contribution is 2.19. The zero-order valence-corrected chi connectivity index (χ0v) is 21.1. The standard InChI is InChI=1S/C22H30N6O6S2/c23-13(9-35)19(30)26-15(5-6-18(24)29)20(31)28-17(10-36)21(32)27-16(22(33)34)7-11-8-25-14-4-2-1-3-12(11)14/h1-4,8,13,15-17,25,35-36H,5-7,9-10,23H2,(H2,24,29)(H,26,30)(H,27,32)(H,28,31)(H,33,34). The van der Waals surface area contributed by atoms with Gasteiger partial charge in [-0.2, -0.15) is 25.3 Å². The van der Waals surface area contributed by atoms with E-state index < -0.39 is 53.8 Å². The average Bonchev–Trinajstić information content (AvgIpc) is 3.26. The van der Waals surface area contributed by atoms with Crippen LogP contribution in [0.25, 0.3) is 10.9 Å². The van der Waals surface area contributed by atoms with Gasteiger partial charge in [-0.05, 0) is 18.1 Å². The third kappa shape index (κ3) is 8.17. The van der Waals surface area contributed by atoms with Crippen molar-refractivity contribution in [2.75, 3.05) is 11.5 Å². The first-order chi connectivity index (χ1) is 17.1. The van der Waals surface area contributed by atoms with Crippen LogP contribution in [0.2, 0.25) is 0 Å². The van der Waals surface area contributed by atoms with Crippen molar-refractivity contribution in [3.63, 3.8) is 0 Å². The quantitative estimate of drug-likeness (QED) is 0.133. The lowest BCUT2D eigenvalue weighted by Crippen LogP contribution is -2.58. The molecule has 0 aliphatic carbocycles. The Bertz CT molecular complexity index is 1110. The van der Waals surface area contributed by atoms with Gasteiger partial charge in [0.1, 0.15) is 18.1 Å². The minimum absolute atomic E-state index is 0.00274. The van der Waals surface area contributed by atoms with Crippen molar-refractivity contribution in [1.82, 2.24) is 20.9 Å². The lowest BCUT2D eigenvalue weighted by molar-refractivity contribution is -0.142. The summed E-state index contributed by atoms with van der Waals surface area (Å²) in [7, 11) is 0.